The molecule has 1 saturated carbocycles. The number of rotatable bonds is 4. The van der Waals surface area contributed by atoms with Crippen molar-refractivity contribution in [2.24, 2.45) is 0 Å². The van der Waals surface area contributed by atoms with E-state index in [1.54, 1.807) is 24.3 Å². The molecule has 0 aromatic carbocycles. The van der Waals surface area contributed by atoms with Crippen molar-refractivity contribution in [1.29, 1.82) is 0 Å². The number of hydrogen-bond acceptors (Lipinski definition) is 3. The average molecular weight is 330 g/mol. The highest BCUT2D eigenvalue weighted by Crippen LogP contribution is 2.24. The molecule has 2 aliphatic rings. The maximum Gasteiger partial charge on any atom is 0.318 e. The lowest BCUT2D eigenvalue weighted by molar-refractivity contribution is -0.128. The highest BCUT2D eigenvalue weighted by Gasteiger charge is 2.33. The van der Waals surface area contributed by atoms with Gasteiger partial charge in [-0.2, -0.15) is 0 Å². The van der Waals surface area contributed by atoms with Crippen molar-refractivity contribution in [1.82, 2.24) is 20.1 Å². The van der Waals surface area contributed by atoms with Crippen LogP contribution in [-0.2, 0) is 11.3 Å². The summed E-state index contributed by atoms with van der Waals surface area (Å²) in [5.41, 5.74) is 1.07. The minimum atomic E-state index is -0.383. The summed E-state index contributed by atoms with van der Waals surface area (Å²) >= 11 is 0. The first-order valence-corrected chi connectivity index (χ1v) is 8.86. The summed E-state index contributed by atoms with van der Waals surface area (Å²) in [6, 6.07) is 3.63. The number of carbonyl (C=O) groups excluding carboxylic acids is 2. The predicted octanol–water partition coefficient (Wildman–Crippen LogP) is 2.16. The lowest BCUT2D eigenvalue weighted by Crippen LogP contribution is -2.51. The van der Waals surface area contributed by atoms with Crippen LogP contribution in [0.4, 0.5) is 4.79 Å². The Hall–Kier alpha value is -2.11. The van der Waals surface area contributed by atoms with Gasteiger partial charge in [0.25, 0.3) is 0 Å². The molecule has 0 spiro atoms. The van der Waals surface area contributed by atoms with Gasteiger partial charge in [0, 0.05) is 38.6 Å². The van der Waals surface area contributed by atoms with Crippen LogP contribution in [0.15, 0.2) is 24.5 Å². The minimum absolute atomic E-state index is 0.0101. The van der Waals surface area contributed by atoms with Crippen molar-refractivity contribution in [3.05, 3.63) is 30.1 Å². The van der Waals surface area contributed by atoms with Gasteiger partial charge in [-0.15, -0.1) is 0 Å². The second kappa shape index (κ2) is 7.64. The first kappa shape index (κ1) is 16.7. The third-order valence-electron chi connectivity index (χ3n) is 5.10. The third kappa shape index (κ3) is 3.86. The van der Waals surface area contributed by atoms with E-state index in [4.69, 9.17) is 0 Å². The number of urea groups is 1. The number of nitrogens with one attached hydrogen (secondary N) is 1. The number of nitrogens with zero attached hydrogens (tertiary/aromatic N) is 3. The van der Waals surface area contributed by atoms with E-state index >= 15 is 0 Å². The van der Waals surface area contributed by atoms with Gasteiger partial charge in [-0.1, -0.05) is 19.3 Å². The van der Waals surface area contributed by atoms with Crippen molar-refractivity contribution < 1.29 is 9.59 Å². The van der Waals surface area contributed by atoms with E-state index < -0.39 is 0 Å². The molecule has 6 nitrogen and oxygen atoms in total. The molecule has 2 fully saturated rings. The molecule has 24 heavy (non-hydrogen) atoms. The van der Waals surface area contributed by atoms with Gasteiger partial charge < -0.3 is 15.1 Å². The van der Waals surface area contributed by atoms with Crippen LogP contribution in [0.1, 0.15) is 44.1 Å². The number of carbonyl (C=O) groups is 2. The molecule has 1 aromatic rings. The number of likely N-dealkylation sites (N-methyl/N-ethyl adjacent to an activating group) is 1. The Morgan fingerprint density at radius 3 is 2.58 bits per heavy atom. The fourth-order valence-corrected chi connectivity index (χ4v) is 3.63. The van der Waals surface area contributed by atoms with Gasteiger partial charge in [-0.25, -0.2) is 4.79 Å². The van der Waals surface area contributed by atoms with E-state index in [1.807, 2.05) is 17.0 Å². The van der Waals surface area contributed by atoms with Crippen LogP contribution in [0.5, 0.6) is 0 Å². The molecule has 130 valence electrons. The Morgan fingerprint density at radius 1 is 1.25 bits per heavy atom. The Bertz CT molecular complexity index is 572. The van der Waals surface area contributed by atoms with Crippen LogP contribution in [-0.4, -0.2) is 52.4 Å². The Labute approximate surface area is 143 Å². The Morgan fingerprint density at radius 2 is 1.96 bits per heavy atom. The van der Waals surface area contributed by atoms with E-state index in [9.17, 15) is 9.59 Å². The molecule has 3 amide bonds. The molecule has 1 aliphatic heterocycles. The first-order chi connectivity index (χ1) is 11.6. The highest BCUT2D eigenvalue weighted by molar-refractivity contribution is 5.88. The molecule has 2 heterocycles. The quantitative estimate of drug-likeness (QED) is 0.920. The first-order valence-electron chi connectivity index (χ1n) is 8.86. The lowest BCUT2D eigenvalue weighted by atomic mass is 9.94. The number of amides is 3. The summed E-state index contributed by atoms with van der Waals surface area (Å²) in [5, 5.41) is 2.96. The SMILES string of the molecule is CN1CCC(NC(=O)N(Cc2ccncc2)C2CCCCC2)C1=O. The Balaban J connectivity index is 1.70. The highest BCUT2D eigenvalue weighted by atomic mass is 16.2. The maximum atomic E-state index is 12.9. The maximum absolute atomic E-state index is 12.9. The molecule has 1 atom stereocenters. The number of hydrogen-bond donors (Lipinski definition) is 1. The van der Waals surface area contributed by atoms with E-state index in [1.165, 1.54) is 6.42 Å². The lowest BCUT2D eigenvalue weighted by Gasteiger charge is -2.35. The van der Waals surface area contributed by atoms with Gasteiger partial charge in [0.1, 0.15) is 6.04 Å². The minimum Gasteiger partial charge on any atom is -0.344 e. The van der Waals surface area contributed by atoms with Crippen molar-refractivity contribution >= 4 is 11.9 Å². The van der Waals surface area contributed by atoms with E-state index in [-0.39, 0.29) is 24.0 Å². The third-order valence-corrected chi connectivity index (χ3v) is 5.10. The van der Waals surface area contributed by atoms with E-state index in [2.05, 4.69) is 10.3 Å². The van der Waals surface area contributed by atoms with E-state index in [0.29, 0.717) is 19.5 Å². The zero-order valence-corrected chi connectivity index (χ0v) is 14.3. The van der Waals surface area contributed by atoms with Crippen molar-refractivity contribution in [3.8, 4) is 0 Å². The smallest absolute Gasteiger partial charge is 0.318 e. The second-order valence-corrected chi connectivity index (χ2v) is 6.83. The Kier molecular flexibility index (Phi) is 5.33. The monoisotopic (exact) mass is 330 g/mol. The molecule has 0 radical (unpaired) electrons. The molecule has 6 heteroatoms. The van der Waals surface area contributed by atoms with Crippen molar-refractivity contribution in [3.63, 3.8) is 0 Å². The summed E-state index contributed by atoms with van der Waals surface area (Å²) in [6.45, 7) is 1.27. The molecule has 1 saturated heterocycles. The predicted molar refractivity (Wildman–Crippen MR) is 91.2 cm³/mol. The van der Waals surface area contributed by atoms with Crippen molar-refractivity contribution in [2.75, 3.05) is 13.6 Å². The second-order valence-electron chi connectivity index (χ2n) is 6.83. The van der Waals surface area contributed by atoms with Gasteiger partial charge in [0.15, 0.2) is 0 Å². The van der Waals surface area contributed by atoms with Crippen LogP contribution in [0.2, 0.25) is 0 Å². The molecule has 1 unspecified atom stereocenters. The van der Waals surface area contributed by atoms with Gasteiger partial charge in [-0.3, -0.25) is 9.78 Å². The molecule has 0 bridgehead atoms. The van der Waals surface area contributed by atoms with Gasteiger partial charge in [0.2, 0.25) is 5.91 Å². The zero-order valence-electron chi connectivity index (χ0n) is 14.3. The van der Waals surface area contributed by atoms with Crippen LogP contribution in [0, 0.1) is 0 Å². The topological polar surface area (TPSA) is 65.5 Å². The molecule has 1 aromatic heterocycles. The normalized spacial score (nSPS) is 21.8. The average Bonchev–Trinajstić information content (AvgIpc) is 2.93. The van der Waals surface area contributed by atoms with Crippen LogP contribution in [0.25, 0.3) is 0 Å². The van der Waals surface area contributed by atoms with Gasteiger partial charge in [0.05, 0.1) is 0 Å². The van der Waals surface area contributed by atoms with Gasteiger partial charge in [-0.05, 0) is 37.0 Å². The summed E-state index contributed by atoms with van der Waals surface area (Å²) in [5.74, 6) is 0.0101. The number of pyridine rings is 1. The van der Waals surface area contributed by atoms with E-state index in [0.717, 1.165) is 31.2 Å². The summed E-state index contributed by atoms with van der Waals surface area (Å²) < 4.78 is 0. The molecular formula is C18H26N4O2. The summed E-state index contributed by atoms with van der Waals surface area (Å²) in [4.78, 5) is 32.6. The van der Waals surface area contributed by atoms with Crippen LogP contribution < -0.4 is 5.32 Å². The standard InChI is InChI=1S/C18H26N4O2/c1-21-12-9-16(17(21)23)20-18(24)22(15-5-3-2-4-6-15)13-14-7-10-19-11-8-14/h7-8,10-11,15-16H,2-6,9,12-13H2,1H3,(H,20,24). The summed E-state index contributed by atoms with van der Waals surface area (Å²) in [7, 11) is 1.78. The number of likely N-dealkylation sites (tertiary alicyclic amines) is 1. The largest absolute Gasteiger partial charge is 0.344 e. The molecule has 1 N–H and O–H groups in total. The number of aromatic nitrogens is 1. The van der Waals surface area contributed by atoms with Crippen LogP contribution >= 0.6 is 0 Å². The fraction of sp³-hybridized carbons (Fsp3) is 0.611. The van der Waals surface area contributed by atoms with Gasteiger partial charge >= 0.3 is 6.03 Å². The fourth-order valence-electron chi connectivity index (χ4n) is 3.63. The molecular weight excluding hydrogens is 304 g/mol. The molecule has 3 rings (SSSR count). The van der Waals surface area contributed by atoms with Crippen LogP contribution in [0.3, 0.4) is 0 Å². The molecule has 1 aliphatic carbocycles. The zero-order chi connectivity index (χ0) is 16.9. The summed E-state index contributed by atoms with van der Waals surface area (Å²) in [6.07, 6.45) is 9.84. The van der Waals surface area contributed by atoms with Crippen molar-refractivity contribution in [2.45, 2.75) is 57.2 Å².